The van der Waals surface area contributed by atoms with Crippen molar-refractivity contribution >= 4 is 29.9 Å². The van der Waals surface area contributed by atoms with Gasteiger partial charge in [-0.25, -0.2) is 0 Å². The van der Waals surface area contributed by atoms with Crippen LogP contribution in [0.2, 0.25) is 0 Å². The van der Waals surface area contributed by atoms with Gasteiger partial charge in [-0.05, 0) is 83.8 Å². The van der Waals surface area contributed by atoms with Crippen molar-refractivity contribution in [3.63, 3.8) is 0 Å². The molecule has 0 atom stereocenters. The minimum absolute atomic E-state index is 0. The number of halogens is 1. The average Bonchev–Trinajstić information content (AvgIpc) is 2.69. The summed E-state index contributed by atoms with van der Waals surface area (Å²) >= 11 is 0. The van der Waals surface area contributed by atoms with Crippen molar-refractivity contribution in [2.24, 2.45) is 10.9 Å². The third-order valence-electron chi connectivity index (χ3n) is 5.00. The molecule has 1 aliphatic heterocycles. The quantitative estimate of drug-likeness (QED) is 0.282. The van der Waals surface area contributed by atoms with Crippen LogP contribution in [-0.2, 0) is 6.42 Å². The maximum absolute atomic E-state index is 5.72. The van der Waals surface area contributed by atoms with Crippen molar-refractivity contribution in [2.75, 3.05) is 53.0 Å². The van der Waals surface area contributed by atoms with E-state index in [-0.39, 0.29) is 24.0 Å². The predicted molar refractivity (Wildman–Crippen MR) is 132 cm³/mol. The van der Waals surface area contributed by atoms with Gasteiger partial charge in [0, 0.05) is 19.6 Å². The normalized spacial score (nSPS) is 15.5. The number of likely N-dealkylation sites (tertiary alicyclic amines) is 1. The number of hydrogen-bond donors (Lipinski definition) is 2. The second-order valence-electron chi connectivity index (χ2n) is 7.29. The number of benzene rings is 1. The molecule has 0 aromatic heterocycles. The molecular weight excluding hydrogens is 479 g/mol. The van der Waals surface area contributed by atoms with Gasteiger partial charge in [-0.15, -0.1) is 24.0 Å². The van der Waals surface area contributed by atoms with E-state index in [2.05, 4.69) is 41.6 Å². The Morgan fingerprint density at radius 2 is 1.76 bits per heavy atom. The highest BCUT2D eigenvalue weighted by atomic mass is 127. The molecule has 0 saturated carbocycles. The number of nitrogens with zero attached hydrogens (tertiary/aromatic N) is 2. The van der Waals surface area contributed by atoms with E-state index in [0.29, 0.717) is 19.1 Å². The molecule has 1 fully saturated rings. The fourth-order valence-corrected chi connectivity index (χ4v) is 3.38. The molecule has 166 valence electrons. The van der Waals surface area contributed by atoms with Gasteiger partial charge < -0.3 is 25.0 Å². The van der Waals surface area contributed by atoms with Crippen LogP contribution in [0.3, 0.4) is 0 Å². The summed E-state index contributed by atoms with van der Waals surface area (Å²) in [6, 6.07) is 6.19. The summed E-state index contributed by atoms with van der Waals surface area (Å²) in [6.07, 6.45) is 3.39. The average molecular weight is 518 g/mol. The highest BCUT2D eigenvalue weighted by molar-refractivity contribution is 14.0. The Hall–Kier alpha value is -1.22. The van der Waals surface area contributed by atoms with E-state index in [0.717, 1.165) is 43.5 Å². The summed E-state index contributed by atoms with van der Waals surface area (Å²) < 4.78 is 11.4. The summed E-state index contributed by atoms with van der Waals surface area (Å²) in [7, 11) is 2.20. The van der Waals surface area contributed by atoms with Gasteiger partial charge in [-0.2, -0.15) is 0 Å². The summed E-state index contributed by atoms with van der Waals surface area (Å²) in [6.45, 7) is 12.3. The van der Waals surface area contributed by atoms with Crippen LogP contribution in [0.1, 0.15) is 39.2 Å². The molecule has 29 heavy (non-hydrogen) atoms. The van der Waals surface area contributed by atoms with Gasteiger partial charge in [-0.3, -0.25) is 4.99 Å². The molecular formula is C22H39IN4O2. The topological polar surface area (TPSA) is 58.1 Å². The van der Waals surface area contributed by atoms with Crippen molar-refractivity contribution < 1.29 is 9.47 Å². The Morgan fingerprint density at radius 3 is 2.41 bits per heavy atom. The molecule has 2 rings (SSSR count). The number of hydrogen-bond acceptors (Lipinski definition) is 4. The molecule has 1 aromatic carbocycles. The number of aliphatic imine (C=N–C) groups is 1. The smallest absolute Gasteiger partial charge is 0.191 e. The molecule has 1 saturated heterocycles. The fourth-order valence-electron chi connectivity index (χ4n) is 3.38. The van der Waals surface area contributed by atoms with Crippen LogP contribution in [0.25, 0.3) is 0 Å². The third kappa shape index (κ3) is 9.42. The standard InChI is InChI=1S/C22H38N4O2.HI/c1-5-23-22(25-17-19-11-14-26(4)15-12-19)24-13-10-18-8-9-20(27-6-2)21(16-18)28-7-3;/h8-9,16,19H,5-7,10-15,17H2,1-4H3,(H2,23,24,25);1H. The molecule has 1 aliphatic rings. The van der Waals surface area contributed by atoms with Crippen LogP contribution >= 0.6 is 24.0 Å². The predicted octanol–water partition coefficient (Wildman–Crippen LogP) is 3.54. The Balaban J connectivity index is 0.00000420. The molecule has 0 amide bonds. The molecule has 6 nitrogen and oxygen atoms in total. The van der Waals surface area contributed by atoms with E-state index in [1.54, 1.807) is 0 Å². The number of nitrogens with one attached hydrogen (secondary N) is 2. The monoisotopic (exact) mass is 518 g/mol. The SMILES string of the molecule is CCNC(=NCC1CCN(C)CC1)NCCc1ccc(OCC)c(OCC)c1.I. The highest BCUT2D eigenvalue weighted by Crippen LogP contribution is 2.28. The minimum Gasteiger partial charge on any atom is -0.490 e. The van der Waals surface area contributed by atoms with Crippen LogP contribution in [0, 0.1) is 5.92 Å². The zero-order valence-electron chi connectivity index (χ0n) is 18.5. The first kappa shape index (κ1) is 25.8. The largest absolute Gasteiger partial charge is 0.490 e. The Morgan fingerprint density at radius 1 is 1.07 bits per heavy atom. The van der Waals surface area contributed by atoms with Gasteiger partial charge in [-0.1, -0.05) is 6.07 Å². The molecule has 0 bridgehead atoms. The summed E-state index contributed by atoms with van der Waals surface area (Å²) in [4.78, 5) is 7.21. The lowest BCUT2D eigenvalue weighted by molar-refractivity contribution is 0.223. The van der Waals surface area contributed by atoms with Crippen molar-refractivity contribution in [1.82, 2.24) is 15.5 Å². The van der Waals surface area contributed by atoms with Gasteiger partial charge in [0.15, 0.2) is 17.5 Å². The van der Waals surface area contributed by atoms with E-state index < -0.39 is 0 Å². The van der Waals surface area contributed by atoms with Crippen molar-refractivity contribution in [3.8, 4) is 11.5 Å². The van der Waals surface area contributed by atoms with Crippen molar-refractivity contribution in [2.45, 2.75) is 40.0 Å². The van der Waals surface area contributed by atoms with E-state index in [9.17, 15) is 0 Å². The molecule has 1 aromatic rings. The fraction of sp³-hybridized carbons (Fsp3) is 0.682. The van der Waals surface area contributed by atoms with Gasteiger partial charge in [0.25, 0.3) is 0 Å². The molecule has 1 heterocycles. The lowest BCUT2D eigenvalue weighted by atomic mass is 9.97. The first-order valence-electron chi connectivity index (χ1n) is 10.7. The molecule has 0 radical (unpaired) electrons. The van der Waals surface area contributed by atoms with Crippen LogP contribution < -0.4 is 20.1 Å². The molecule has 0 aliphatic carbocycles. The molecule has 2 N–H and O–H groups in total. The third-order valence-corrected chi connectivity index (χ3v) is 5.00. The zero-order valence-corrected chi connectivity index (χ0v) is 20.8. The lowest BCUT2D eigenvalue weighted by Crippen LogP contribution is -2.39. The zero-order chi connectivity index (χ0) is 20.2. The first-order chi connectivity index (χ1) is 13.7. The highest BCUT2D eigenvalue weighted by Gasteiger charge is 2.16. The number of piperidine rings is 1. The Bertz CT molecular complexity index is 604. The summed E-state index contributed by atoms with van der Waals surface area (Å²) in [5, 5.41) is 6.82. The van der Waals surface area contributed by atoms with Crippen LogP contribution in [0.5, 0.6) is 11.5 Å². The van der Waals surface area contributed by atoms with Crippen LogP contribution in [0.15, 0.2) is 23.2 Å². The number of ether oxygens (including phenoxy) is 2. The summed E-state index contributed by atoms with van der Waals surface area (Å²) in [5.74, 6) is 3.25. The maximum Gasteiger partial charge on any atom is 0.191 e. The Kier molecular flexibility index (Phi) is 13.1. The van der Waals surface area contributed by atoms with E-state index in [1.807, 2.05) is 19.9 Å². The van der Waals surface area contributed by atoms with Gasteiger partial charge in [0.05, 0.1) is 13.2 Å². The van der Waals surface area contributed by atoms with Gasteiger partial charge in [0.1, 0.15) is 0 Å². The van der Waals surface area contributed by atoms with Crippen molar-refractivity contribution in [3.05, 3.63) is 23.8 Å². The van der Waals surface area contributed by atoms with Crippen LogP contribution in [0.4, 0.5) is 0 Å². The van der Waals surface area contributed by atoms with Crippen LogP contribution in [-0.4, -0.2) is 63.8 Å². The number of guanidine groups is 1. The molecule has 7 heteroatoms. The van der Waals surface area contributed by atoms with E-state index >= 15 is 0 Å². The summed E-state index contributed by atoms with van der Waals surface area (Å²) in [5.41, 5.74) is 1.23. The lowest BCUT2D eigenvalue weighted by Gasteiger charge is -2.28. The maximum atomic E-state index is 5.72. The molecule has 0 unspecified atom stereocenters. The minimum atomic E-state index is 0. The van der Waals surface area contributed by atoms with E-state index in [1.165, 1.54) is 31.5 Å². The second kappa shape index (κ2) is 14.7. The molecule has 0 spiro atoms. The van der Waals surface area contributed by atoms with Gasteiger partial charge >= 0.3 is 0 Å². The van der Waals surface area contributed by atoms with E-state index in [4.69, 9.17) is 14.5 Å². The van der Waals surface area contributed by atoms with Crippen molar-refractivity contribution in [1.29, 1.82) is 0 Å². The van der Waals surface area contributed by atoms with Gasteiger partial charge in [0.2, 0.25) is 0 Å². The number of rotatable bonds is 10. The second-order valence-corrected chi connectivity index (χ2v) is 7.29. The Labute approximate surface area is 193 Å². The first-order valence-corrected chi connectivity index (χ1v) is 10.7.